The number of alkyl halides is 1. The first kappa shape index (κ1) is 24.6. The van der Waals surface area contributed by atoms with Gasteiger partial charge in [-0.3, -0.25) is 4.79 Å². The zero-order chi connectivity index (χ0) is 16.9. The summed E-state index contributed by atoms with van der Waals surface area (Å²) in [4.78, 5) is 11.5. The first-order chi connectivity index (χ1) is 10.8. The van der Waals surface area contributed by atoms with E-state index in [1.165, 1.54) is 63.4 Å². The summed E-state index contributed by atoms with van der Waals surface area (Å²) in [5, 5.41) is 1.11. The van der Waals surface area contributed by atoms with Crippen molar-refractivity contribution in [1.82, 2.24) is 0 Å². The van der Waals surface area contributed by atoms with Gasteiger partial charge in [0, 0.05) is 17.5 Å². The van der Waals surface area contributed by atoms with Crippen LogP contribution in [0.15, 0.2) is 0 Å². The number of halogens is 1. The summed E-state index contributed by atoms with van der Waals surface area (Å²) in [5.41, 5.74) is 0. The monoisotopic (exact) mass is 396 g/mol. The summed E-state index contributed by atoms with van der Waals surface area (Å²) in [6, 6.07) is 0. The van der Waals surface area contributed by atoms with Crippen LogP contribution >= 0.6 is 28.0 Å². The highest BCUT2D eigenvalue weighted by Crippen LogP contribution is 2.13. The molecule has 0 rings (SSSR count). The minimum absolute atomic E-state index is 0.0372. The largest absolute Gasteiger partial charge is 0.391 e. The number of rotatable bonds is 15. The van der Waals surface area contributed by atoms with Crippen LogP contribution in [-0.4, -0.2) is 17.1 Å². The molecule has 0 aromatic rings. The Morgan fingerprint density at radius 3 is 2.05 bits per heavy atom. The average molecular weight is 397 g/mol. The molecule has 22 heavy (non-hydrogen) atoms. The lowest BCUT2D eigenvalue weighted by molar-refractivity contribution is -0.133. The van der Waals surface area contributed by atoms with E-state index in [9.17, 15) is 4.79 Å². The van der Waals surface area contributed by atoms with Crippen molar-refractivity contribution in [2.45, 2.75) is 97.8 Å². The summed E-state index contributed by atoms with van der Waals surface area (Å²) in [6.45, 7) is 6.22. The summed E-state index contributed by atoms with van der Waals surface area (Å²) in [6.07, 6.45) is 14.1. The summed E-state index contributed by atoms with van der Waals surface area (Å²) in [7, 11) is 0. The SMILES string of the molecule is CC.CCCCCCCCC(=O)OSCCCCCCCBr. The van der Waals surface area contributed by atoms with Crippen LogP contribution in [0.2, 0.25) is 0 Å². The van der Waals surface area contributed by atoms with E-state index in [-0.39, 0.29) is 5.97 Å². The van der Waals surface area contributed by atoms with E-state index in [0.717, 1.165) is 30.3 Å². The minimum atomic E-state index is -0.0372. The van der Waals surface area contributed by atoms with Crippen molar-refractivity contribution >= 4 is 33.9 Å². The molecule has 0 aliphatic carbocycles. The molecule has 0 fully saturated rings. The van der Waals surface area contributed by atoms with E-state index in [1.807, 2.05) is 13.8 Å². The molecule has 0 heterocycles. The summed E-state index contributed by atoms with van der Waals surface area (Å²) < 4.78 is 5.17. The maximum atomic E-state index is 11.5. The van der Waals surface area contributed by atoms with Gasteiger partial charge in [-0.05, 0) is 19.3 Å². The van der Waals surface area contributed by atoms with Crippen molar-refractivity contribution in [2.24, 2.45) is 0 Å². The van der Waals surface area contributed by atoms with Crippen LogP contribution in [0.3, 0.4) is 0 Å². The maximum Gasteiger partial charge on any atom is 0.317 e. The minimum Gasteiger partial charge on any atom is -0.391 e. The highest BCUT2D eigenvalue weighted by molar-refractivity contribution is 9.09. The Morgan fingerprint density at radius 2 is 1.41 bits per heavy atom. The Kier molecular flexibility index (Phi) is 26.3. The number of unbranched alkanes of at least 4 members (excludes halogenated alkanes) is 9. The molecule has 0 unspecified atom stereocenters. The van der Waals surface area contributed by atoms with Gasteiger partial charge in [0.25, 0.3) is 0 Å². The second-order valence-corrected chi connectivity index (χ2v) is 6.86. The van der Waals surface area contributed by atoms with Gasteiger partial charge in [0.2, 0.25) is 0 Å². The van der Waals surface area contributed by atoms with Gasteiger partial charge in [-0.15, -0.1) is 0 Å². The second kappa shape index (κ2) is 23.6. The van der Waals surface area contributed by atoms with Gasteiger partial charge in [-0.1, -0.05) is 88.1 Å². The molecule has 0 amide bonds. The maximum absolute atomic E-state index is 11.5. The van der Waals surface area contributed by atoms with E-state index < -0.39 is 0 Å². The molecular formula is C18H37BrO2S. The zero-order valence-corrected chi connectivity index (χ0v) is 17.4. The third-order valence-corrected chi connectivity index (χ3v) is 4.57. The van der Waals surface area contributed by atoms with Crippen LogP contribution in [0.1, 0.15) is 97.8 Å². The van der Waals surface area contributed by atoms with Gasteiger partial charge in [-0.25, -0.2) is 0 Å². The van der Waals surface area contributed by atoms with Gasteiger partial charge < -0.3 is 4.18 Å². The normalized spacial score (nSPS) is 10.0. The summed E-state index contributed by atoms with van der Waals surface area (Å²) in [5.74, 6) is 0.904. The second-order valence-electron chi connectivity index (χ2n) is 5.25. The Labute approximate surface area is 151 Å². The molecule has 0 aromatic heterocycles. The molecule has 0 saturated heterocycles. The lowest BCUT2D eigenvalue weighted by atomic mass is 10.1. The Balaban J connectivity index is 0. The van der Waals surface area contributed by atoms with Crippen molar-refractivity contribution < 1.29 is 8.98 Å². The molecule has 0 aliphatic heterocycles. The van der Waals surface area contributed by atoms with Crippen LogP contribution in [0.25, 0.3) is 0 Å². The lowest BCUT2D eigenvalue weighted by Gasteiger charge is -2.03. The standard InChI is InChI=1S/C16H31BrO2S.C2H6/c1-2-3-4-5-7-10-13-16(18)19-20-15-12-9-6-8-11-14-17;1-2/h2-15H2,1H3;1-2H3. The number of carbonyl (C=O) groups is 1. The molecule has 0 aliphatic rings. The topological polar surface area (TPSA) is 26.3 Å². The van der Waals surface area contributed by atoms with E-state index >= 15 is 0 Å². The van der Waals surface area contributed by atoms with Crippen molar-refractivity contribution in [3.05, 3.63) is 0 Å². The molecular weight excluding hydrogens is 360 g/mol. The predicted octanol–water partition coefficient (Wildman–Crippen LogP) is 7.30. The zero-order valence-electron chi connectivity index (χ0n) is 15.0. The van der Waals surface area contributed by atoms with E-state index in [4.69, 9.17) is 4.18 Å². The van der Waals surface area contributed by atoms with E-state index in [2.05, 4.69) is 22.9 Å². The molecule has 0 N–H and O–H groups in total. The van der Waals surface area contributed by atoms with Crippen LogP contribution in [0.5, 0.6) is 0 Å². The Bertz CT molecular complexity index is 213. The van der Waals surface area contributed by atoms with Crippen molar-refractivity contribution in [1.29, 1.82) is 0 Å². The van der Waals surface area contributed by atoms with Crippen LogP contribution in [-0.2, 0) is 8.98 Å². The quantitative estimate of drug-likeness (QED) is 0.165. The Morgan fingerprint density at radius 1 is 0.864 bits per heavy atom. The molecule has 4 heteroatoms. The van der Waals surface area contributed by atoms with Crippen molar-refractivity contribution in [3.63, 3.8) is 0 Å². The van der Waals surface area contributed by atoms with Crippen molar-refractivity contribution in [2.75, 3.05) is 11.1 Å². The fourth-order valence-electron chi connectivity index (χ4n) is 1.98. The van der Waals surface area contributed by atoms with Crippen LogP contribution in [0.4, 0.5) is 0 Å². The smallest absolute Gasteiger partial charge is 0.317 e. The highest BCUT2D eigenvalue weighted by Gasteiger charge is 2.03. The van der Waals surface area contributed by atoms with Gasteiger partial charge >= 0.3 is 5.97 Å². The Hall–Kier alpha value is 0.300. The lowest BCUT2D eigenvalue weighted by Crippen LogP contribution is -1.99. The van der Waals surface area contributed by atoms with Gasteiger partial charge in [0.15, 0.2) is 0 Å². The number of carbonyl (C=O) groups excluding carboxylic acids is 1. The first-order valence-electron chi connectivity index (χ1n) is 9.19. The number of hydrogen-bond acceptors (Lipinski definition) is 3. The third-order valence-electron chi connectivity index (χ3n) is 3.25. The summed E-state index contributed by atoms with van der Waals surface area (Å²) >= 11 is 4.77. The highest BCUT2D eigenvalue weighted by atomic mass is 79.9. The molecule has 0 bridgehead atoms. The fraction of sp³-hybridized carbons (Fsp3) is 0.944. The van der Waals surface area contributed by atoms with E-state index in [0.29, 0.717) is 6.42 Å². The van der Waals surface area contributed by atoms with Gasteiger partial charge in [0.1, 0.15) is 0 Å². The average Bonchev–Trinajstić information content (AvgIpc) is 2.55. The molecule has 2 nitrogen and oxygen atoms in total. The molecule has 134 valence electrons. The third kappa shape index (κ3) is 22.6. The van der Waals surface area contributed by atoms with Gasteiger partial charge in [0.05, 0.1) is 12.0 Å². The van der Waals surface area contributed by atoms with Crippen molar-refractivity contribution in [3.8, 4) is 0 Å². The fourth-order valence-corrected chi connectivity index (χ4v) is 3.00. The first-order valence-corrected chi connectivity index (χ1v) is 11.2. The van der Waals surface area contributed by atoms with Crippen LogP contribution in [0, 0.1) is 0 Å². The molecule has 0 atom stereocenters. The number of hydrogen-bond donors (Lipinski definition) is 0. The van der Waals surface area contributed by atoms with Gasteiger partial charge in [-0.2, -0.15) is 0 Å². The molecule has 0 saturated carbocycles. The predicted molar refractivity (Wildman–Crippen MR) is 105 cm³/mol. The van der Waals surface area contributed by atoms with E-state index in [1.54, 1.807) is 0 Å². The molecule has 0 spiro atoms. The van der Waals surface area contributed by atoms with Crippen LogP contribution < -0.4 is 0 Å². The molecule has 0 aromatic carbocycles. The molecule has 0 radical (unpaired) electrons.